The van der Waals surface area contributed by atoms with Crippen LogP contribution in [0.2, 0.25) is 0 Å². The molecule has 0 bridgehead atoms. The van der Waals surface area contributed by atoms with Gasteiger partial charge in [-0.1, -0.05) is 6.92 Å². The van der Waals surface area contributed by atoms with Crippen molar-refractivity contribution in [3.8, 4) is 0 Å². The number of hydrogen-bond acceptors (Lipinski definition) is 4. The van der Waals surface area contributed by atoms with Gasteiger partial charge in [0.05, 0.1) is 11.4 Å². The van der Waals surface area contributed by atoms with E-state index in [1.54, 1.807) is 4.90 Å². The van der Waals surface area contributed by atoms with Crippen LogP contribution >= 0.6 is 0 Å². The van der Waals surface area contributed by atoms with Crippen LogP contribution in [0.3, 0.4) is 0 Å². The van der Waals surface area contributed by atoms with Crippen molar-refractivity contribution >= 4 is 15.5 Å². The first kappa shape index (κ1) is 14.2. The van der Waals surface area contributed by atoms with Crippen molar-refractivity contribution in [3.05, 3.63) is 23.8 Å². The lowest BCUT2D eigenvalue weighted by atomic mass is 10.2. The summed E-state index contributed by atoms with van der Waals surface area (Å²) in [5.74, 6) is -2.62. The highest BCUT2D eigenvalue weighted by Crippen LogP contribution is 2.27. The summed E-state index contributed by atoms with van der Waals surface area (Å²) in [5, 5.41) is 3.11. The van der Waals surface area contributed by atoms with E-state index in [2.05, 4.69) is 5.32 Å². The van der Waals surface area contributed by atoms with E-state index in [1.807, 2.05) is 0 Å². The molecule has 0 saturated carbocycles. The highest BCUT2D eigenvalue weighted by Gasteiger charge is 2.24. The summed E-state index contributed by atoms with van der Waals surface area (Å²) < 4.78 is 51.2. The van der Waals surface area contributed by atoms with Gasteiger partial charge in [-0.25, -0.2) is 17.2 Å². The smallest absolute Gasteiger partial charge is 0.183 e. The third-order valence-electron chi connectivity index (χ3n) is 3.20. The predicted octanol–water partition coefficient (Wildman–Crippen LogP) is 1.17. The Balaban J connectivity index is 2.42. The third kappa shape index (κ3) is 2.71. The minimum absolute atomic E-state index is 0.119. The topological polar surface area (TPSA) is 49.4 Å². The Morgan fingerprint density at radius 1 is 1.21 bits per heavy atom. The number of benzene rings is 1. The lowest BCUT2D eigenvalue weighted by Crippen LogP contribution is -2.44. The number of nitrogens with zero attached hydrogens (tertiary/aromatic N) is 1. The fraction of sp³-hybridized carbons (Fsp3) is 0.500. The highest BCUT2D eigenvalue weighted by molar-refractivity contribution is 7.91. The van der Waals surface area contributed by atoms with Gasteiger partial charge in [0.25, 0.3) is 0 Å². The molecule has 1 N–H and O–H groups in total. The van der Waals surface area contributed by atoms with Crippen molar-refractivity contribution < 1.29 is 17.2 Å². The van der Waals surface area contributed by atoms with Crippen molar-refractivity contribution in [2.75, 3.05) is 36.8 Å². The van der Waals surface area contributed by atoms with Crippen LogP contribution in [-0.4, -0.2) is 40.3 Å². The number of piperazine rings is 1. The van der Waals surface area contributed by atoms with Gasteiger partial charge in [-0.2, -0.15) is 0 Å². The summed E-state index contributed by atoms with van der Waals surface area (Å²) in [6.45, 7) is 3.91. The fourth-order valence-corrected chi connectivity index (χ4v) is 3.02. The second-order valence-electron chi connectivity index (χ2n) is 4.35. The molecular formula is C12H16F2N2O2S. The number of rotatable bonds is 3. The van der Waals surface area contributed by atoms with Crippen LogP contribution in [0.25, 0.3) is 0 Å². The van der Waals surface area contributed by atoms with Crippen LogP contribution in [0.5, 0.6) is 0 Å². The third-order valence-corrected chi connectivity index (χ3v) is 4.94. The Morgan fingerprint density at radius 3 is 2.42 bits per heavy atom. The largest absolute Gasteiger partial charge is 0.367 e. The van der Waals surface area contributed by atoms with E-state index in [0.29, 0.717) is 26.2 Å². The van der Waals surface area contributed by atoms with Crippen LogP contribution in [0, 0.1) is 11.6 Å². The minimum Gasteiger partial charge on any atom is -0.367 e. The van der Waals surface area contributed by atoms with Crippen molar-refractivity contribution in [1.29, 1.82) is 0 Å². The van der Waals surface area contributed by atoms with Gasteiger partial charge in [-0.05, 0) is 12.1 Å². The maximum Gasteiger partial charge on any atom is 0.183 e. The molecule has 0 unspecified atom stereocenters. The zero-order valence-electron chi connectivity index (χ0n) is 10.6. The molecule has 0 amide bonds. The Bertz CT molecular complexity index is 569. The molecule has 1 fully saturated rings. The summed E-state index contributed by atoms with van der Waals surface area (Å²) in [5.41, 5.74) is 0.119. The van der Waals surface area contributed by atoms with E-state index in [0.717, 1.165) is 6.07 Å². The van der Waals surface area contributed by atoms with Gasteiger partial charge < -0.3 is 10.2 Å². The summed E-state index contributed by atoms with van der Waals surface area (Å²) in [4.78, 5) is 1.14. The summed E-state index contributed by atoms with van der Waals surface area (Å²) in [6, 6.07) is 2.49. The number of halogens is 2. The first-order valence-corrected chi connectivity index (χ1v) is 7.79. The molecule has 1 aromatic carbocycles. The molecular weight excluding hydrogens is 274 g/mol. The zero-order valence-corrected chi connectivity index (χ0v) is 11.4. The van der Waals surface area contributed by atoms with Crippen LogP contribution < -0.4 is 10.2 Å². The molecule has 0 atom stereocenters. The normalized spacial score (nSPS) is 16.7. The maximum atomic E-state index is 14.0. The van der Waals surface area contributed by atoms with Crippen LogP contribution in [-0.2, 0) is 9.84 Å². The number of hydrogen-bond donors (Lipinski definition) is 1. The number of nitrogens with one attached hydrogen (secondary N) is 1. The van der Waals surface area contributed by atoms with Crippen LogP contribution in [0.1, 0.15) is 6.92 Å². The molecule has 1 aliphatic rings. The lowest BCUT2D eigenvalue weighted by molar-refractivity contribution is 0.479. The van der Waals surface area contributed by atoms with Crippen LogP contribution in [0.15, 0.2) is 17.0 Å². The molecule has 0 aliphatic carbocycles. The first-order chi connectivity index (χ1) is 8.97. The average molecular weight is 290 g/mol. The highest BCUT2D eigenvalue weighted by atomic mass is 32.2. The van der Waals surface area contributed by atoms with E-state index in [9.17, 15) is 17.2 Å². The van der Waals surface area contributed by atoms with Gasteiger partial charge in [0.1, 0.15) is 4.90 Å². The first-order valence-electron chi connectivity index (χ1n) is 6.14. The van der Waals surface area contributed by atoms with E-state index < -0.39 is 26.4 Å². The minimum atomic E-state index is -3.74. The fourth-order valence-electron chi connectivity index (χ4n) is 2.07. The molecule has 4 nitrogen and oxygen atoms in total. The molecule has 1 saturated heterocycles. The van der Waals surface area contributed by atoms with Gasteiger partial charge in [0.15, 0.2) is 21.5 Å². The standard InChI is InChI=1S/C12H16F2N2O2S/c1-2-19(17,18)10-4-3-9(11(13)12(10)14)16-7-5-15-6-8-16/h3-4,15H,2,5-8H2,1H3. The molecule has 106 valence electrons. The van der Waals surface area contributed by atoms with E-state index in [-0.39, 0.29) is 11.4 Å². The summed E-state index contributed by atoms with van der Waals surface area (Å²) in [7, 11) is -3.74. The Hall–Kier alpha value is -1.21. The van der Waals surface area contributed by atoms with Gasteiger partial charge >= 0.3 is 0 Å². The molecule has 19 heavy (non-hydrogen) atoms. The van der Waals surface area contributed by atoms with Crippen molar-refractivity contribution in [2.24, 2.45) is 0 Å². The number of anilines is 1. The summed E-state index contributed by atoms with van der Waals surface area (Å²) >= 11 is 0. The molecule has 0 spiro atoms. The predicted molar refractivity (Wildman–Crippen MR) is 69.2 cm³/mol. The average Bonchev–Trinajstić information content (AvgIpc) is 2.42. The van der Waals surface area contributed by atoms with Gasteiger partial charge in [0.2, 0.25) is 0 Å². The quantitative estimate of drug-likeness (QED) is 0.908. The summed E-state index contributed by atoms with van der Waals surface area (Å²) in [6.07, 6.45) is 0. The zero-order chi connectivity index (χ0) is 14.0. The molecule has 0 radical (unpaired) electrons. The Labute approximate surface area is 111 Å². The lowest BCUT2D eigenvalue weighted by Gasteiger charge is -2.29. The Morgan fingerprint density at radius 2 is 1.84 bits per heavy atom. The van der Waals surface area contributed by atoms with E-state index in [1.165, 1.54) is 13.0 Å². The van der Waals surface area contributed by atoms with Gasteiger partial charge in [0, 0.05) is 26.2 Å². The SMILES string of the molecule is CCS(=O)(=O)c1ccc(N2CCNCC2)c(F)c1F. The van der Waals surface area contributed by atoms with E-state index >= 15 is 0 Å². The second-order valence-corrected chi connectivity index (χ2v) is 6.60. The van der Waals surface area contributed by atoms with Crippen molar-refractivity contribution in [1.82, 2.24) is 5.32 Å². The monoisotopic (exact) mass is 290 g/mol. The molecule has 0 aromatic heterocycles. The van der Waals surface area contributed by atoms with Crippen molar-refractivity contribution in [2.45, 2.75) is 11.8 Å². The molecule has 7 heteroatoms. The number of sulfone groups is 1. The van der Waals surface area contributed by atoms with Crippen molar-refractivity contribution in [3.63, 3.8) is 0 Å². The molecule has 1 aromatic rings. The maximum absolute atomic E-state index is 14.0. The van der Waals surface area contributed by atoms with Gasteiger partial charge in [-0.3, -0.25) is 0 Å². The van der Waals surface area contributed by atoms with E-state index in [4.69, 9.17) is 0 Å². The second kappa shape index (κ2) is 5.42. The van der Waals surface area contributed by atoms with Crippen LogP contribution in [0.4, 0.5) is 14.5 Å². The van der Waals surface area contributed by atoms with Gasteiger partial charge in [-0.15, -0.1) is 0 Å². The Kier molecular flexibility index (Phi) is 4.05. The molecule has 1 heterocycles. The molecule has 2 rings (SSSR count). The molecule has 1 aliphatic heterocycles.